The Kier molecular flexibility index (Phi) is 6.36. The molecular weight excluding hydrogens is 551 g/mol. The molecule has 0 spiro atoms. The van der Waals surface area contributed by atoms with Gasteiger partial charge in [0.2, 0.25) is 0 Å². The minimum absolute atomic E-state index is 0.0812. The quantitative estimate of drug-likeness (QED) is 0.244. The molecule has 3 saturated heterocycles. The summed E-state index contributed by atoms with van der Waals surface area (Å²) in [7, 11) is 0. The number of anilines is 1. The zero-order valence-electron chi connectivity index (χ0n) is 24.0. The van der Waals surface area contributed by atoms with Crippen molar-refractivity contribution in [3.8, 4) is 17.3 Å². The molecule has 0 N–H and O–H groups in total. The molecule has 6 nitrogen and oxygen atoms in total. The van der Waals surface area contributed by atoms with E-state index in [9.17, 15) is 8.78 Å². The highest BCUT2D eigenvalue weighted by atomic mass is 19.1. The van der Waals surface area contributed by atoms with Gasteiger partial charge in [0.1, 0.15) is 35.6 Å². The Bertz CT molecular complexity index is 1750. The van der Waals surface area contributed by atoms with Gasteiger partial charge < -0.3 is 9.64 Å². The number of halogens is 3. The van der Waals surface area contributed by atoms with Crippen LogP contribution in [0.15, 0.2) is 43.1 Å². The van der Waals surface area contributed by atoms with Crippen LogP contribution in [0.4, 0.5) is 19.0 Å². The Balaban J connectivity index is 1.26. The van der Waals surface area contributed by atoms with Crippen LogP contribution in [-0.2, 0) is 0 Å². The van der Waals surface area contributed by atoms with Gasteiger partial charge in [0, 0.05) is 48.8 Å². The van der Waals surface area contributed by atoms with Crippen molar-refractivity contribution in [3.05, 3.63) is 60.3 Å². The SMILES string of the molecule is C=Cc1c(F)ccc2cccc(-c3ncc4c(N5CC6CCC(C6)C5)nc(OC[C@@]56CCCN5C[C@H](F)C6)nc4c3F)c12. The summed E-state index contributed by atoms with van der Waals surface area (Å²) in [5.41, 5.74) is 0.585. The smallest absolute Gasteiger partial charge is 0.319 e. The monoisotopic (exact) mass is 585 g/mol. The Morgan fingerprint density at radius 1 is 1.07 bits per heavy atom. The number of hydrogen-bond donors (Lipinski definition) is 0. The highest BCUT2D eigenvalue weighted by molar-refractivity contribution is 6.03. The van der Waals surface area contributed by atoms with Gasteiger partial charge in [-0.1, -0.05) is 36.9 Å². The number of fused-ring (bicyclic) bond motifs is 5. The average molecular weight is 586 g/mol. The molecule has 0 radical (unpaired) electrons. The minimum atomic E-state index is -0.877. The highest BCUT2D eigenvalue weighted by Gasteiger charge is 2.49. The van der Waals surface area contributed by atoms with Gasteiger partial charge in [0.15, 0.2) is 5.82 Å². The third-order valence-corrected chi connectivity index (χ3v) is 10.3. The van der Waals surface area contributed by atoms with E-state index in [1.54, 1.807) is 18.3 Å². The van der Waals surface area contributed by atoms with Gasteiger partial charge in [0.05, 0.1) is 10.9 Å². The lowest BCUT2D eigenvalue weighted by molar-refractivity contribution is 0.107. The maximum Gasteiger partial charge on any atom is 0.319 e. The second kappa shape index (κ2) is 10.2. The first-order chi connectivity index (χ1) is 20.9. The molecule has 4 fully saturated rings. The Morgan fingerprint density at radius 3 is 2.72 bits per heavy atom. The molecular formula is C34H34F3N5O. The summed E-state index contributed by atoms with van der Waals surface area (Å²) < 4.78 is 52.2. The number of ether oxygens (including phenoxy) is 1. The van der Waals surface area contributed by atoms with Gasteiger partial charge in [-0.3, -0.25) is 9.88 Å². The van der Waals surface area contributed by atoms with E-state index >= 15 is 4.39 Å². The van der Waals surface area contributed by atoms with E-state index in [2.05, 4.69) is 26.3 Å². The topological polar surface area (TPSA) is 54.4 Å². The molecule has 2 unspecified atom stereocenters. The summed E-state index contributed by atoms with van der Waals surface area (Å²) in [5.74, 6) is 0.751. The normalized spacial score (nSPS) is 26.9. The molecule has 4 aromatic rings. The fourth-order valence-corrected chi connectivity index (χ4v) is 8.32. The molecule has 4 aliphatic rings. The van der Waals surface area contributed by atoms with Crippen LogP contribution in [0.5, 0.6) is 6.01 Å². The highest BCUT2D eigenvalue weighted by Crippen LogP contribution is 2.43. The summed E-state index contributed by atoms with van der Waals surface area (Å²) in [6.45, 7) is 7.02. The third-order valence-electron chi connectivity index (χ3n) is 10.3. The number of pyridine rings is 1. The van der Waals surface area contributed by atoms with Crippen LogP contribution >= 0.6 is 0 Å². The second-order valence-corrected chi connectivity index (χ2v) is 12.9. The fraction of sp³-hybridized carbons (Fsp3) is 0.441. The van der Waals surface area contributed by atoms with Crippen molar-refractivity contribution in [2.75, 3.05) is 37.7 Å². The van der Waals surface area contributed by atoms with E-state index in [0.717, 1.165) is 37.9 Å². The van der Waals surface area contributed by atoms with Crippen molar-refractivity contribution < 1.29 is 17.9 Å². The number of alkyl halides is 1. The third kappa shape index (κ3) is 4.38. The van der Waals surface area contributed by atoms with Crippen LogP contribution in [0.1, 0.15) is 44.1 Å². The molecule has 3 aliphatic heterocycles. The second-order valence-electron chi connectivity index (χ2n) is 12.9. The van der Waals surface area contributed by atoms with Crippen molar-refractivity contribution in [3.63, 3.8) is 0 Å². The number of hydrogen-bond acceptors (Lipinski definition) is 6. The van der Waals surface area contributed by atoms with Crippen molar-refractivity contribution in [2.24, 2.45) is 11.8 Å². The van der Waals surface area contributed by atoms with Crippen LogP contribution in [0.25, 0.3) is 39.0 Å². The summed E-state index contributed by atoms with van der Waals surface area (Å²) in [6, 6.07) is 8.57. The Hall–Kier alpha value is -3.72. The maximum absolute atomic E-state index is 16.7. The standard InChI is InChI=1S/C34H34F3N5O/c1-2-24-27(36)10-9-22-5-3-6-25(28(22)24)30-29(37)31-26(15-38-30)32(41-16-20-7-8-21(13-20)17-41)40-33(39-31)43-19-34-11-4-12-42(34)18-23(35)14-34/h2-3,5-6,9-10,15,20-21,23H,1,4,7-8,11-14,16-19H2/t20?,21?,23-,34+/m1/s1. The first kappa shape index (κ1) is 26.9. The van der Waals surface area contributed by atoms with Crippen LogP contribution in [0.2, 0.25) is 0 Å². The van der Waals surface area contributed by atoms with Crippen LogP contribution in [0.3, 0.4) is 0 Å². The van der Waals surface area contributed by atoms with E-state index in [0.29, 0.717) is 52.5 Å². The van der Waals surface area contributed by atoms with E-state index < -0.39 is 17.8 Å². The van der Waals surface area contributed by atoms with E-state index in [1.165, 1.54) is 31.4 Å². The largest absolute Gasteiger partial charge is 0.461 e. The zero-order valence-corrected chi connectivity index (χ0v) is 24.0. The first-order valence-corrected chi connectivity index (χ1v) is 15.4. The molecule has 43 heavy (non-hydrogen) atoms. The van der Waals surface area contributed by atoms with Gasteiger partial charge in [-0.05, 0) is 61.9 Å². The number of piperidine rings is 1. The minimum Gasteiger partial charge on any atom is -0.461 e. The predicted molar refractivity (Wildman–Crippen MR) is 162 cm³/mol. The van der Waals surface area contributed by atoms with Crippen molar-refractivity contribution >= 4 is 33.6 Å². The van der Waals surface area contributed by atoms with Gasteiger partial charge in [0.25, 0.3) is 0 Å². The molecule has 5 heterocycles. The summed E-state index contributed by atoms with van der Waals surface area (Å²) in [6.07, 6.45) is 8.09. The van der Waals surface area contributed by atoms with Crippen molar-refractivity contribution in [1.82, 2.24) is 19.9 Å². The Morgan fingerprint density at radius 2 is 1.91 bits per heavy atom. The van der Waals surface area contributed by atoms with Crippen LogP contribution in [0, 0.1) is 23.5 Å². The van der Waals surface area contributed by atoms with Gasteiger partial charge in [-0.25, -0.2) is 13.2 Å². The molecule has 8 rings (SSSR count). The predicted octanol–water partition coefficient (Wildman–Crippen LogP) is 6.96. The summed E-state index contributed by atoms with van der Waals surface area (Å²) in [4.78, 5) is 18.5. The maximum atomic E-state index is 16.7. The van der Waals surface area contributed by atoms with E-state index in [1.807, 2.05) is 12.1 Å². The summed E-state index contributed by atoms with van der Waals surface area (Å²) in [5, 5.41) is 1.83. The number of nitrogens with zero attached hydrogens (tertiary/aromatic N) is 5. The van der Waals surface area contributed by atoms with Gasteiger partial charge in [-0.2, -0.15) is 9.97 Å². The lowest BCUT2D eigenvalue weighted by atomic mass is 9.95. The molecule has 9 heteroatoms. The Labute approximate surface area is 248 Å². The molecule has 222 valence electrons. The average Bonchev–Trinajstić information content (AvgIpc) is 3.66. The van der Waals surface area contributed by atoms with Gasteiger partial charge in [-0.15, -0.1) is 0 Å². The molecule has 4 atom stereocenters. The fourth-order valence-electron chi connectivity index (χ4n) is 8.32. The first-order valence-electron chi connectivity index (χ1n) is 15.4. The molecule has 1 aliphatic carbocycles. The number of aromatic nitrogens is 3. The molecule has 1 saturated carbocycles. The molecule has 2 aromatic carbocycles. The number of benzene rings is 2. The lowest BCUT2D eigenvalue weighted by Crippen LogP contribution is -2.43. The number of rotatable bonds is 6. The molecule has 2 bridgehead atoms. The van der Waals surface area contributed by atoms with Crippen LogP contribution in [-0.4, -0.2) is 64.3 Å². The van der Waals surface area contributed by atoms with Crippen LogP contribution < -0.4 is 9.64 Å². The van der Waals surface area contributed by atoms with Gasteiger partial charge >= 0.3 is 6.01 Å². The summed E-state index contributed by atoms with van der Waals surface area (Å²) >= 11 is 0. The lowest BCUT2D eigenvalue weighted by Gasteiger charge is -2.34. The molecule has 2 aromatic heterocycles. The van der Waals surface area contributed by atoms with E-state index in [4.69, 9.17) is 9.72 Å². The van der Waals surface area contributed by atoms with E-state index in [-0.39, 0.29) is 29.4 Å². The zero-order chi connectivity index (χ0) is 29.3. The van der Waals surface area contributed by atoms with Crippen molar-refractivity contribution in [2.45, 2.75) is 50.2 Å². The molecule has 0 amide bonds. The van der Waals surface area contributed by atoms with Crippen molar-refractivity contribution in [1.29, 1.82) is 0 Å².